The van der Waals surface area contributed by atoms with Crippen LogP contribution in [0.15, 0.2) is 52.8 Å². The zero-order chi connectivity index (χ0) is 15.7. The Bertz CT molecular complexity index is 899. The fraction of sp³-hybridized carbons (Fsp3) is 0.0667. The van der Waals surface area contributed by atoms with Crippen molar-refractivity contribution in [1.82, 2.24) is 9.38 Å². The van der Waals surface area contributed by atoms with Crippen LogP contribution in [0.3, 0.4) is 0 Å². The Hall–Kier alpha value is -3.22. The number of aryl methyl sites for hydroxylation is 1. The minimum atomic E-state index is -1.22. The second kappa shape index (κ2) is 5.28. The Morgan fingerprint density at radius 3 is 2.82 bits per heavy atom. The van der Waals surface area contributed by atoms with Crippen molar-refractivity contribution in [3.8, 4) is 5.75 Å². The molecule has 0 saturated heterocycles. The predicted octanol–water partition coefficient (Wildman–Crippen LogP) is 3.46. The van der Waals surface area contributed by atoms with Gasteiger partial charge in [0.1, 0.15) is 17.0 Å². The van der Waals surface area contributed by atoms with Gasteiger partial charge in [0.15, 0.2) is 5.82 Å². The summed E-state index contributed by atoms with van der Waals surface area (Å²) in [5.41, 5.74) is 1.59. The van der Waals surface area contributed by atoms with Crippen molar-refractivity contribution in [2.75, 3.05) is 0 Å². The molecule has 7 nitrogen and oxygen atoms in total. The third-order valence-corrected chi connectivity index (χ3v) is 3.14. The number of phenols is 1. The molecule has 1 aromatic carbocycles. The number of aromatic carboxylic acids is 1. The SMILES string of the molecule is Cc1nc2ccccn2c1N=Nc1ccc(O)c(C(=O)O)c1. The number of imidazole rings is 1. The highest BCUT2D eigenvalue weighted by atomic mass is 16.4. The van der Waals surface area contributed by atoms with Crippen LogP contribution < -0.4 is 0 Å². The molecule has 110 valence electrons. The summed E-state index contributed by atoms with van der Waals surface area (Å²) < 4.78 is 1.79. The summed E-state index contributed by atoms with van der Waals surface area (Å²) in [5, 5.41) is 26.6. The van der Waals surface area contributed by atoms with Gasteiger partial charge in [0.05, 0.1) is 11.4 Å². The van der Waals surface area contributed by atoms with Gasteiger partial charge < -0.3 is 10.2 Å². The smallest absolute Gasteiger partial charge is 0.339 e. The molecule has 0 fully saturated rings. The number of aromatic hydroxyl groups is 1. The molecule has 0 atom stereocenters. The number of hydrogen-bond acceptors (Lipinski definition) is 5. The summed E-state index contributed by atoms with van der Waals surface area (Å²) >= 11 is 0. The first-order chi connectivity index (χ1) is 10.6. The van der Waals surface area contributed by atoms with Crippen LogP contribution in [0.1, 0.15) is 16.1 Å². The Kier molecular flexibility index (Phi) is 3.30. The van der Waals surface area contributed by atoms with E-state index in [1.165, 1.54) is 18.2 Å². The van der Waals surface area contributed by atoms with E-state index in [2.05, 4.69) is 15.2 Å². The maximum atomic E-state index is 11.0. The van der Waals surface area contributed by atoms with Crippen LogP contribution in [-0.4, -0.2) is 25.6 Å². The van der Waals surface area contributed by atoms with Crippen LogP contribution >= 0.6 is 0 Å². The molecule has 2 aromatic heterocycles. The molecule has 2 N–H and O–H groups in total. The molecule has 0 unspecified atom stereocenters. The molecule has 0 amide bonds. The van der Waals surface area contributed by atoms with Gasteiger partial charge in [-0.25, -0.2) is 9.78 Å². The second-order valence-electron chi connectivity index (χ2n) is 4.66. The molecule has 2 heterocycles. The number of carbonyl (C=O) groups is 1. The van der Waals surface area contributed by atoms with Gasteiger partial charge in [-0.1, -0.05) is 6.07 Å². The minimum absolute atomic E-state index is 0.216. The van der Waals surface area contributed by atoms with Crippen LogP contribution in [0.2, 0.25) is 0 Å². The molecule has 3 aromatic rings. The Labute approximate surface area is 125 Å². The van der Waals surface area contributed by atoms with E-state index in [-0.39, 0.29) is 11.3 Å². The summed E-state index contributed by atoms with van der Waals surface area (Å²) in [5.74, 6) is -0.960. The number of pyridine rings is 1. The topological polar surface area (TPSA) is 99.5 Å². The molecule has 0 saturated carbocycles. The van der Waals surface area contributed by atoms with Crippen molar-refractivity contribution in [3.63, 3.8) is 0 Å². The van der Waals surface area contributed by atoms with Crippen LogP contribution in [0.25, 0.3) is 5.65 Å². The minimum Gasteiger partial charge on any atom is -0.507 e. The maximum absolute atomic E-state index is 11.0. The van der Waals surface area contributed by atoms with Gasteiger partial charge >= 0.3 is 5.97 Å². The highest BCUT2D eigenvalue weighted by molar-refractivity contribution is 5.91. The summed E-state index contributed by atoms with van der Waals surface area (Å²) in [7, 11) is 0. The number of rotatable bonds is 3. The second-order valence-corrected chi connectivity index (χ2v) is 4.66. The van der Waals surface area contributed by atoms with Crippen molar-refractivity contribution >= 4 is 23.1 Å². The van der Waals surface area contributed by atoms with E-state index in [1.807, 2.05) is 31.3 Å². The van der Waals surface area contributed by atoms with E-state index in [9.17, 15) is 9.90 Å². The Morgan fingerprint density at radius 2 is 2.05 bits per heavy atom. The number of carboxylic acid groups (broad SMARTS) is 1. The number of fused-ring (bicyclic) bond motifs is 1. The number of carboxylic acids is 1. The molecular weight excluding hydrogens is 284 g/mol. The molecule has 0 aliphatic carbocycles. The lowest BCUT2D eigenvalue weighted by atomic mass is 10.2. The lowest BCUT2D eigenvalue weighted by molar-refractivity contribution is 0.0694. The lowest BCUT2D eigenvalue weighted by Gasteiger charge is -2.00. The first-order valence-electron chi connectivity index (χ1n) is 6.48. The molecular formula is C15H12N4O3. The molecule has 7 heteroatoms. The van der Waals surface area contributed by atoms with Crippen molar-refractivity contribution in [1.29, 1.82) is 0 Å². The quantitative estimate of drug-likeness (QED) is 0.723. The standard InChI is InChI=1S/C15H12N4O3/c1-9-14(19-7-3-2-4-13(19)16-9)18-17-10-5-6-12(20)11(8-10)15(21)22/h2-8,20H,1H3,(H,21,22). The van der Waals surface area contributed by atoms with Crippen molar-refractivity contribution in [2.45, 2.75) is 6.92 Å². The Balaban J connectivity index is 2.01. The van der Waals surface area contributed by atoms with Gasteiger partial charge in [-0.15, -0.1) is 10.2 Å². The summed E-state index contributed by atoms with van der Waals surface area (Å²) in [6.07, 6.45) is 1.82. The molecule has 0 aliphatic rings. The molecule has 3 rings (SSSR count). The number of hydrogen-bond donors (Lipinski definition) is 2. The van der Waals surface area contributed by atoms with Crippen LogP contribution in [-0.2, 0) is 0 Å². The van der Waals surface area contributed by atoms with Gasteiger partial charge in [0.25, 0.3) is 0 Å². The number of aromatic nitrogens is 2. The third-order valence-electron chi connectivity index (χ3n) is 3.14. The van der Waals surface area contributed by atoms with Gasteiger partial charge in [-0.3, -0.25) is 4.40 Å². The highest BCUT2D eigenvalue weighted by Gasteiger charge is 2.11. The van der Waals surface area contributed by atoms with Crippen LogP contribution in [0.5, 0.6) is 5.75 Å². The third kappa shape index (κ3) is 2.39. The van der Waals surface area contributed by atoms with E-state index >= 15 is 0 Å². The predicted molar refractivity (Wildman–Crippen MR) is 79.2 cm³/mol. The zero-order valence-electron chi connectivity index (χ0n) is 11.6. The summed E-state index contributed by atoms with van der Waals surface area (Å²) in [4.78, 5) is 15.3. The highest BCUT2D eigenvalue weighted by Crippen LogP contribution is 2.26. The molecule has 22 heavy (non-hydrogen) atoms. The van der Waals surface area contributed by atoms with Gasteiger partial charge in [0.2, 0.25) is 0 Å². The lowest BCUT2D eigenvalue weighted by Crippen LogP contribution is -1.95. The molecule has 0 radical (unpaired) electrons. The van der Waals surface area contributed by atoms with Gasteiger partial charge in [-0.05, 0) is 37.3 Å². The molecule has 0 aliphatic heterocycles. The fourth-order valence-electron chi connectivity index (χ4n) is 2.08. The van der Waals surface area contributed by atoms with Gasteiger partial charge in [-0.2, -0.15) is 0 Å². The van der Waals surface area contributed by atoms with Crippen LogP contribution in [0, 0.1) is 6.92 Å². The van der Waals surface area contributed by atoms with E-state index in [0.29, 0.717) is 17.2 Å². The Morgan fingerprint density at radius 1 is 1.23 bits per heavy atom. The number of benzene rings is 1. The maximum Gasteiger partial charge on any atom is 0.339 e. The molecule has 0 bridgehead atoms. The summed E-state index contributed by atoms with van der Waals surface area (Å²) in [6, 6.07) is 9.62. The van der Waals surface area contributed by atoms with Crippen molar-refractivity contribution in [2.24, 2.45) is 10.2 Å². The average Bonchev–Trinajstić information content (AvgIpc) is 2.81. The number of azo groups is 1. The van der Waals surface area contributed by atoms with E-state index in [4.69, 9.17) is 5.11 Å². The van der Waals surface area contributed by atoms with E-state index in [1.54, 1.807) is 4.40 Å². The first kappa shape index (κ1) is 13.7. The largest absolute Gasteiger partial charge is 0.507 e. The number of nitrogens with zero attached hydrogens (tertiary/aromatic N) is 4. The normalized spacial score (nSPS) is 11.3. The van der Waals surface area contributed by atoms with Crippen LogP contribution in [0.4, 0.5) is 11.5 Å². The van der Waals surface area contributed by atoms with E-state index in [0.717, 1.165) is 5.65 Å². The van der Waals surface area contributed by atoms with Crippen molar-refractivity contribution in [3.05, 3.63) is 53.9 Å². The first-order valence-corrected chi connectivity index (χ1v) is 6.48. The monoisotopic (exact) mass is 296 g/mol. The van der Waals surface area contributed by atoms with Crippen molar-refractivity contribution < 1.29 is 15.0 Å². The average molecular weight is 296 g/mol. The fourth-order valence-corrected chi connectivity index (χ4v) is 2.08. The summed E-state index contributed by atoms with van der Waals surface area (Å²) in [6.45, 7) is 1.82. The van der Waals surface area contributed by atoms with Gasteiger partial charge in [0, 0.05) is 6.20 Å². The molecule has 0 spiro atoms. The zero-order valence-corrected chi connectivity index (χ0v) is 11.6. The van der Waals surface area contributed by atoms with E-state index < -0.39 is 5.97 Å².